The molecule has 0 bridgehead atoms. The minimum absolute atomic E-state index is 0.229. The van der Waals surface area contributed by atoms with Crippen LogP contribution in [-0.2, 0) is 6.42 Å². The Labute approximate surface area is 141 Å². The molecule has 0 aliphatic carbocycles. The summed E-state index contributed by atoms with van der Waals surface area (Å²) in [7, 11) is 3.28. The summed E-state index contributed by atoms with van der Waals surface area (Å²) in [4.78, 5) is 2.45. The summed E-state index contributed by atoms with van der Waals surface area (Å²) >= 11 is 3.63. The van der Waals surface area contributed by atoms with Crippen LogP contribution in [-0.4, -0.2) is 50.0 Å². The van der Waals surface area contributed by atoms with E-state index in [-0.39, 0.29) is 12.0 Å². The van der Waals surface area contributed by atoms with Crippen LogP contribution in [0.1, 0.15) is 25.3 Å². The Balaban J connectivity index is 2.15. The Morgan fingerprint density at radius 1 is 1.32 bits per heavy atom. The maximum absolute atomic E-state index is 10.3. The van der Waals surface area contributed by atoms with E-state index in [2.05, 4.69) is 33.8 Å². The van der Waals surface area contributed by atoms with Crippen molar-refractivity contribution in [2.45, 2.75) is 32.3 Å². The summed E-state index contributed by atoms with van der Waals surface area (Å²) < 4.78 is 11.7. The normalized spacial score (nSPS) is 22.6. The molecule has 4 nitrogen and oxygen atoms in total. The first kappa shape index (κ1) is 17.6. The van der Waals surface area contributed by atoms with E-state index in [4.69, 9.17) is 9.47 Å². The van der Waals surface area contributed by atoms with Crippen LogP contribution in [0.4, 0.5) is 0 Å². The minimum Gasteiger partial charge on any atom is -0.493 e. The van der Waals surface area contributed by atoms with Crippen molar-refractivity contribution in [1.29, 1.82) is 0 Å². The predicted molar refractivity (Wildman–Crippen MR) is 91.8 cm³/mol. The van der Waals surface area contributed by atoms with Crippen molar-refractivity contribution in [3.8, 4) is 11.5 Å². The molecular weight excluding hydrogens is 346 g/mol. The Morgan fingerprint density at radius 3 is 2.73 bits per heavy atom. The molecule has 1 aliphatic heterocycles. The van der Waals surface area contributed by atoms with Crippen molar-refractivity contribution in [1.82, 2.24) is 4.90 Å². The van der Waals surface area contributed by atoms with E-state index in [1.165, 1.54) is 0 Å². The van der Waals surface area contributed by atoms with E-state index in [1.54, 1.807) is 14.2 Å². The number of piperidine rings is 1. The Hall–Kier alpha value is -0.780. The molecule has 1 aromatic carbocycles. The first-order valence-corrected chi connectivity index (χ1v) is 8.69. The fraction of sp³-hybridized carbons (Fsp3) is 0.647. The van der Waals surface area contributed by atoms with E-state index in [0.717, 1.165) is 60.4 Å². The van der Waals surface area contributed by atoms with Gasteiger partial charge in [0.15, 0.2) is 11.5 Å². The van der Waals surface area contributed by atoms with Gasteiger partial charge in [-0.3, -0.25) is 0 Å². The van der Waals surface area contributed by atoms with Gasteiger partial charge in [0.1, 0.15) is 0 Å². The topological polar surface area (TPSA) is 41.9 Å². The number of halogens is 1. The zero-order valence-electron chi connectivity index (χ0n) is 13.6. The van der Waals surface area contributed by atoms with E-state index >= 15 is 0 Å². The number of methoxy groups -OCH3 is 2. The van der Waals surface area contributed by atoms with Crippen LogP contribution >= 0.6 is 15.9 Å². The molecule has 1 fully saturated rings. The molecular formula is C17H26BrNO3. The number of hydrogen-bond donors (Lipinski definition) is 1. The number of ether oxygens (including phenoxy) is 2. The largest absolute Gasteiger partial charge is 0.493 e. The van der Waals surface area contributed by atoms with Crippen LogP contribution in [0.5, 0.6) is 11.5 Å². The van der Waals surface area contributed by atoms with Crippen molar-refractivity contribution >= 4 is 15.9 Å². The Morgan fingerprint density at radius 2 is 2.09 bits per heavy atom. The van der Waals surface area contributed by atoms with Gasteiger partial charge in [-0.25, -0.2) is 0 Å². The predicted octanol–water partition coefficient (Wildman–Crippen LogP) is 3.10. The second kappa shape index (κ2) is 8.18. The van der Waals surface area contributed by atoms with Gasteiger partial charge in [-0.05, 0) is 53.4 Å². The van der Waals surface area contributed by atoms with Crippen LogP contribution in [0.3, 0.4) is 0 Å². The summed E-state index contributed by atoms with van der Waals surface area (Å²) in [6, 6.07) is 3.98. The SMILES string of the molecule is CCCN1CCC(O)C(Cc2ccc(OC)c(OC)c2Br)C1. The molecule has 0 radical (unpaired) electrons. The van der Waals surface area contributed by atoms with E-state index in [0.29, 0.717) is 0 Å². The highest BCUT2D eigenvalue weighted by Gasteiger charge is 2.28. The minimum atomic E-state index is -0.229. The Bertz CT molecular complexity index is 495. The third-order valence-electron chi connectivity index (χ3n) is 4.36. The molecule has 2 atom stereocenters. The molecule has 1 heterocycles. The average Bonchev–Trinajstić information content (AvgIpc) is 2.52. The lowest BCUT2D eigenvalue weighted by atomic mass is 9.88. The van der Waals surface area contributed by atoms with E-state index < -0.39 is 0 Å². The van der Waals surface area contributed by atoms with Crippen molar-refractivity contribution in [3.63, 3.8) is 0 Å². The number of hydrogen-bond acceptors (Lipinski definition) is 4. The highest BCUT2D eigenvalue weighted by atomic mass is 79.9. The maximum Gasteiger partial charge on any atom is 0.175 e. The van der Waals surface area contributed by atoms with E-state index in [1.807, 2.05) is 6.07 Å². The molecule has 5 heteroatoms. The molecule has 1 N–H and O–H groups in total. The molecule has 124 valence electrons. The molecule has 1 aromatic rings. The quantitative estimate of drug-likeness (QED) is 0.833. The second-order valence-corrected chi connectivity index (χ2v) is 6.69. The van der Waals surface area contributed by atoms with Crippen molar-refractivity contribution in [3.05, 3.63) is 22.2 Å². The summed E-state index contributed by atoms with van der Waals surface area (Å²) in [5, 5.41) is 10.3. The number of rotatable bonds is 6. The second-order valence-electron chi connectivity index (χ2n) is 5.90. The summed E-state index contributed by atoms with van der Waals surface area (Å²) in [5.74, 6) is 1.69. The zero-order valence-corrected chi connectivity index (χ0v) is 15.2. The van der Waals surface area contributed by atoms with Gasteiger partial charge in [0, 0.05) is 19.0 Å². The lowest BCUT2D eigenvalue weighted by Crippen LogP contribution is -2.44. The zero-order chi connectivity index (χ0) is 16.1. The first-order chi connectivity index (χ1) is 10.6. The van der Waals surface area contributed by atoms with Gasteiger partial charge in [0.05, 0.1) is 24.8 Å². The lowest BCUT2D eigenvalue weighted by Gasteiger charge is -2.36. The molecule has 0 saturated carbocycles. The molecule has 1 saturated heterocycles. The highest BCUT2D eigenvalue weighted by Crippen LogP contribution is 2.39. The molecule has 0 aromatic heterocycles. The van der Waals surface area contributed by atoms with Gasteiger partial charge >= 0.3 is 0 Å². The molecule has 0 spiro atoms. The number of aliphatic hydroxyl groups is 1. The van der Waals surface area contributed by atoms with Gasteiger partial charge < -0.3 is 19.5 Å². The summed E-state index contributed by atoms with van der Waals surface area (Å²) in [6.07, 6.45) is 2.62. The average molecular weight is 372 g/mol. The number of aliphatic hydroxyl groups excluding tert-OH is 1. The van der Waals surface area contributed by atoms with Crippen LogP contribution in [0.15, 0.2) is 16.6 Å². The van der Waals surface area contributed by atoms with Crippen molar-refractivity contribution in [2.75, 3.05) is 33.9 Å². The number of likely N-dealkylation sites (tertiary alicyclic amines) is 1. The van der Waals surface area contributed by atoms with Crippen LogP contribution in [0.25, 0.3) is 0 Å². The third kappa shape index (κ3) is 3.94. The fourth-order valence-corrected chi connectivity index (χ4v) is 3.84. The first-order valence-electron chi connectivity index (χ1n) is 7.90. The van der Waals surface area contributed by atoms with Crippen LogP contribution < -0.4 is 9.47 Å². The standard InChI is InChI=1S/C17H26BrNO3/c1-4-8-19-9-7-14(20)13(11-19)10-12-5-6-15(21-2)17(22-3)16(12)18/h5-6,13-14,20H,4,7-11H2,1-3H3. The van der Waals surface area contributed by atoms with Gasteiger partial charge in [-0.1, -0.05) is 13.0 Å². The number of benzene rings is 1. The van der Waals surface area contributed by atoms with Gasteiger partial charge in [0.2, 0.25) is 0 Å². The van der Waals surface area contributed by atoms with E-state index in [9.17, 15) is 5.11 Å². The summed E-state index contributed by atoms with van der Waals surface area (Å²) in [6.45, 7) is 5.26. The van der Waals surface area contributed by atoms with Gasteiger partial charge in [-0.2, -0.15) is 0 Å². The smallest absolute Gasteiger partial charge is 0.175 e. The van der Waals surface area contributed by atoms with Crippen molar-refractivity contribution < 1.29 is 14.6 Å². The number of nitrogens with zero attached hydrogens (tertiary/aromatic N) is 1. The van der Waals surface area contributed by atoms with Gasteiger partial charge in [-0.15, -0.1) is 0 Å². The molecule has 2 rings (SSSR count). The highest BCUT2D eigenvalue weighted by molar-refractivity contribution is 9.10. The van der Waals surface area contributed by atoms with Crippen LogP contribution in [0, 0.1) is 5.92 Å². The lowest BCUT2D eigenvalue weighted by molar-refractivity contribution is 0.0269. The fourth-order valence-electron chi connectivity index (χ4n) is 3.19. The molecule has 1 aliphatic rings. The molecule has 2 unspecified atom stereocenters. The third-order valence-corrected chi connectivity index (χ3v) is 5.23. The Kier molecular flexibility index (Phi) is 6.53. The van der Waals surface area contributed by atoms with Crippen molar-refractivity contribution in [2.24, 2.45) is 5.92 Å². The van der Waals surface area contributed by atoms with Gasteiger partial charge in [0.25, 0.3) is 0 Å². The monoisotopic (exact) mass is 371 g/mol. The molecule has 22 heavy (non-hydrogen) atoms. The summed E-state index contributed by atoms with van der Waals surface area (Å²) in [5.41, 5.74) is 1.15. The maximum atomic E-state index is 10.3. The molecule has 0 amide bonds. The van der Waals surface area contributed by atoms with Crippen LogP contribution in [0.2, 0.25) is 0 Å².